The molecule has 0 aliphatic carbocycles. The molecule has 0 unspecified atom stereocenters. The maximum atomic E-state index is 8.52. The Morgan fingerprint density at radius 3 is 0.917 bits per heavy atom. The molecule has 1 rings (SSSR count). The minimum Gasteiger partial charge on any atom is -0.759 e. The second kappa shape index (κ2) is 6.74. The van der Waals surface area contributed by atoms with Crippen molar-refractivity contribution in [3.8, 4) is 0 Å². The molecular formula is C6H10NO4S-. The third-order valence-electron chi connectivity index (χ3n) is 0.667. The lowest BCUT2D eigenvalue weighted by Gasteiger charge is -2.06. The molecule has 1 aromatic rings. The van der Waals surface area contributed by atoms with E-state index < -0.39 is 10.4 Å². The minimum atomic E-state index is -5.17. The van der Waals surface area contributed by atoms with Crippen molar-refractivity contribution >= 4 is 10.4 Å². The van der Waals surface area contributed by atoms with Gasteiger partial charge in [0.25, 0.3) is 0 Å². The first-order valence-electron chi connectivity index (χ1n) is 2.67. The van der Waals surface area contributed by atoms with Crippen LogP contribution in [0.1, 0.15) is 0 Å². The van der Waals surface area contributed by atoms with E-state index in [4.69, 9.17) is 17.5 Å². The van der Waals surface area contributed by atoms with Crippen molar-refractivity contribution in [1.29, 1.82) is 0 Å². The van der Waals surface area contributed by atoms with Crippen LogP contribution in [0, 0.1) is 0 Å². The first kappa shape index (κ1) is 13.6. The van der Waals surface area contributed by atoms with Crippen LogP contribution >= 0.6 is 0 Å². The second-order valence-electron chi connectivity index (χ2n) is 1.56. The van der Waals surface area contributed by atoms with Crippen LogP contribution in [-0.2, 0) is 10.4 Å². The van der Waals surface area contributed by atoms with Gasteiger partial charge in [-0.2, -0.15) is 0 Å². The summed E-state index contributed by atoms with van der Waals surface area (Å²) in [5.74, 6) is 0. The van der Waals surface area contributed by atoms with Gasteiger partial charge in [-0.15, -0.1) is 0 Å². The van der Waals surface area contributed by atoms with Gasteiger partial charge in [0, 0.05) is 10.4 Å². The van der Waals surface area contributed by atoms with Crippen molar-refractivity contribution < 1.29 is 17.5 Å². The normalized spacial score (nSPS) is 8.83. The van der Waals surface area contributed by atoms with Gasteiger partial charge in [0.1, 0.15) is 0 Å². The van der Waals surface area contributed by atoms with Gasteiger partial charge in [-0.05, 0) is 0 Å². The van der Waals surface area contributed by atoms with Crippen LogP contribution in [0.5, 0.6) is 0 Å². The molecule has 1 aromatic carbocycles. The van der Waals surface area contributed by atoms with E-state index in [0.717, 1.165) is 0 Å². The van der Waals surface area contributed by atoms with Crippen LogP contribution < -0.4 is 6.15 Å². The van der Waals surface area contributed by atoms with Gasteiger partial charge in [0.15, 0.2) is 0 Å². The molecular weight excluding hydrogens is 182 g/mol. The van der Waals surface area contributed by atoms with E-state index in [1.807, 2.05) is 36.4 Å². The third kappa shape index (κ3) is 23.0. The molecule has 0 fully saturated rings. The number of benzene rings is 1. The molecule has 0 spiro atoms. The molecule has 12 heavy (non-hydrogen) atoms. The highest BCUT2D eigenvalue weighted by Crippen LogP contribution is 1.79. The SMILES string of the molecule is O=S(=O)([O-])[O-].[NH4+].c1ccccc1. The van der Waals surface area contributed by atoms with Crippen molar-refractivity contribution in [3.63, 3.8) is 0 Å². The predicted molar refractivity (Wildman–Crippen MR) is 42.9 cm³/mol. The van der Waals surface area contributed by atoms with E-state index in [2.05, 4.69) is 0 Å². The zero-order chi connectivity index (χ0) is 8.74. The Bertz CT molecular complexity index is 236. The first-order valence-corrected chi connectivity index (χ1v) is 4.00. The Morgan fingerprint density at radius 2 is 0.833 bits per heavy atom. The fraction of sp³-hybridized carbons (Fsp3) is 0. The molecule has 0 radical (unpaired) electrons. The topological polar surface area (TPSA) is 117 Å². The lowest BCUT2D eigenvalue weighted by Crippen LogP contribution is -1.91. The Labute approximate surface area is 71.2 Å². The van der Waals surface area contributed by atoms with Gasteiger partial charge in [0.2, 0.25) is 0 Å². The Balaban J connectivity index is 0. The van der Waals surface area contributed by atoms with E-state index in [1.165, 1.54) is 0 Å². The van der Waals surface area contributed by atoms with Crippen molar-refractivity contribution in [2.45, 2.75) is 0 Å². The molecule has 6 heteroatoms. The molecule has 0 aliphatic rings. The molecule has 0 saturated heterocycles. The Kier molecular flexibility index (Phi) is 7.66. The second-order valence-corrected chi connectivity index (χ2v) is 2.38. The van der Waals surface area contributed by atoms with Crippen molar-refractivity contribution in [1.82, 2.24) is 6.15 Å². The van der Waals surface area contributed by atoms with Crippen molar-refractivity contribution in [2.75, 3.05) is 0 Å². The molecule has 0 atom stereocenters. The first-order chi connectivity index (χ1) is 5.00. The van der Waals surface area contributed by atoms with Crippen LogP contribution in [0.25, 0.3) is 0 Å². The molecule has 0 heterocycles. The van der Waals surface area contributed by atoms with Crippen LogP contribution in [0.4, 0.5) is 0 Å². The smallest absolute Gasteiger partial charge is 0.0311 e. The summed E-state index contributed by atoms with van der Waals surface area (Å²) in [7, 11) is -5.17. The zero-order valence-electron chi connectivity index (χ0n) is 6.51. The lowest BCUT2D eigenvalue weighted by atomic mass is 10.4. The van der Waals surface area contributed by atoms with Gasteiger partial charge in [-0.25, -0.2) is 0 Å². The Hall–Kier alpha value is -0.950. The molecule has 0 aliphatic heterocycles. The number of hydrogen-bond donors (Lipinski definition) is 1. The van der Waals surface area contributed by atoms with Crippen molar-refractivity contribution in [3.05, 3.63) is 36.4 Å². The average Bonchev–Trinajstić information content (AvgIpc) is 1.88. The molecule has 0 saturated carbocycles. The zero-order valence-corrected chi connectivity index (χ0v) is 7.32. The summed E-state index contributed by atoms with van der Waals surface area (Å²) in [5.41, 5.74) is 0. The van der Waals surface area contributed by atoms with Crippen LogP contribution in [0.2, 0.25) is 0 Å². The molecule has 5 nitrogen and oxygen atoms in total. The van der Waals surface area contributed by atoms with Crippen molar-refractivity contribution in [2.24, 2.45) is 0 Å². The summed E-state index contributed by atoms with van der Waals surface area (Å²) in [4.78, 5) is 0. The quantitative estimate of drug-likeness (QED) is 0.481. The van der Waals surface area contributed by atoms with Gasteiger partial charge in [-0.1, -0.05) is 36.4 Å². The molecule has 0 aromatic heterocycles. The number of hydrogen-bond acceptors (Lipinski definition) is 4. The van der Waals surface area contributed by atoms with E-state index in [1.54, 1.807) is 0 Å². The van der Waals surface area contributed by atoms with E-state index >= 15 is 0 Å². The fourth-order valence-electron chi connectivity index (χ4n) is 0.385. The molecule has 0 bridgehead atoms. The Morgan fingerprint density at radius 1 is 0.750 bits per heavy atom. The molecule has 4 N–H and O–H groups in total. The number of quaternary nitrogens is 1. The summed E-state index contributed by atoms with van der Waals surface area (Å²) < 4.78 is 34.1. The average molecular weight is 192 g/mol. The summed E-state index contributed by atoms with van der Waals surface area (Å²) in [6.07, 6.45) is 0. The largest absolute Gasteiger partial charge is 0.759 e. The predicted octanol–water partition coefficient (Wildman–Crippen LogP) is 0.725. The van der Waals surface area contributed by atoms with Gasteiger partial charge < -0.3 is 15.3 Å². The highest BCUT2D eigenvalue weighted by atomic mass is 32.3. The summed E-state index contributed by atoms with van der Waals surface area (Å²) in [6, 6.07) is 12.0. The minimum absolute atomic E-state index is 0. The third-order valence-corrected chi connectivity index (χ3v) is 0.667. The maximum Gasteiger partial charge on any atom is 0.0311 e. The van der Waals surface area contributed by atoms with Gasteiger partial charge >= 0.3 is 0 Å². The van der Waals surface area contributed by atoms with Crippen LogP contribution in [0.15, 0.2) is 36.4 Å². The summed E-state index contributed by atoms with van der Waals surface area (Å²) in [5, 5.41) is 0. The molecule has 0 amide bonds. The van der Waals surface area contributed by atoms with Gasteiger partial charge in [-0.3, -0.25) is 8.42 Å². The van der Waals surface area contributed by atoms with Crippen LogP contribution in [0.3, 0.4) is 0 Å². The van der Waals surface area contributed by atoms with E-state index in [-0.39, 0.29) is 6.15 Å². The monoisotopic (exact) mass is 192 g/mol. The highest BCUT2D eigenvalue weighted by Gasteiger charge is 1.57. The van der Waals surface area contributed by atoms with Gasteiger partial charge in [0.05, 0.1) is 0 Å². The summed E-state index contributed by atoms with van der Waals surface area (Å²) in [6.45, 7) is 0. The van der Waals surface area contributed by atoms with E-state index in [0.29, 0.717) is 0 Å². The van der Waals surface area contributed by atoms with Crippen LogP contribution in [-0.4, -0.2) is 17.5 Å². The fourth-order valence-corrected chi connectivity index (χ4v) is 0.385. The lowest BCUT2D eigenvalue weighted by molar-refractivity contribution is 0.352. The standard InChI is InChI=1S/C6H6.H3N.H2O4S/c1-2-4-6-5-3-1;;1-5(2,3)4/h1-6H;1H3;(H2,1,2,3,4)/p-1. The van der Waals surface area contributed by atoms with E-state index in [9.17, 15) is 0 Å². The summed E-state index contributed by atoms with van der Waals surface area (Å²) >= 11 is 0. The number of rotatable bonds is 0. The highest BCUT2D eigenvalue weighted by molar-refractivity contribution is 7.79. The maximum absolute atomic E-state index is 8.52. The molecule has 70 valence electrons.